The van der Waals surface area contributed by atoms with Gasteiger partial charge in [0.2, 0.25) is 10.9 Å². The van der Waals surface area contributed by atoms with Crippen molar-refractivity contribution in [2.75, 3.05) is 13.2 Å². The molecule has 0 spiro atoms. The molecule has 0 aliphatic carbocycles. The number of aromatic nitrogens is 2. The van der Waals surface area contributed by atoms with Crippen molar-refractivity contribution in [3.63, 3.8) is 0 Å². The molecule has 10 nitrogen and oxygen atoms in total. The topological polar surface area (TPSA) is 133 Å². The molecule has 0 saturated carbocycles. The molecule has 1 N–H and O–H groups in total. The fraction of sp³-hybridized carbons (Fsp3) is 0.163. The zero-order chi connectivity index (χ0) is 43.0. The van der Waals surface area contributed by atoms with Crippen molar-refractivity contribution in [1.82, 2.24) is 9.13 Å². The summed E-state index contributed by atoms with van der Waals surface area (Å²) in [5.41, 5.74) is 5.53. The number of nitrogens with zero attached hydrogens (tertiary/aromatic N) is 3. The molecule has 0 amide bonds. The summed E-state index contributed by atoms with van der Waals surface area (Å²) in [7, 11) is 0. The van der Waals surface area contributed by atoms with E-state index in [2.05, 4.69) is 28.5 Å². The van der Waals surface area contributed by atoms with Gasteiger partial charge in [-0.05, 0) is 98.1 Å². The van der Waals surface area contributed by atoms with Crippen molar-refractivity contribution in [1.29, 1.82) is 5.41 Å². The first-order chi connectivity index (χ1) is 29.1. The summed E-state index contributed by atoms with van der Waals surface area (Å²) in [6, 6.07) is 40.7. The van der Waals surface area contributed by atoms with Gasteiger partial charge in [-0.1, -0.05) is 91.0 Å². The Labute approximate surface area is 362 Å². The Morgan fingerprint density at radius 3 is 1.55 bits per heavy atom. The second-order valence-corrected chi connectivity index (χ2v) is 14.3. The number of carbonyl (C=O) groups excluding carboxylic acids is 2. The maximum Gasteiger partial charge on any atom is 0.343 e. The average molecular weight is 913 g/mol. The van der Waals surface area contributed by atoms with E-state index in [0.29, 0.717) is 29.5 Å². The zero-order valence-corrected chi connectivity index (χ0v) is 36.0. The largest absolute Gasteiger partial charge is 0.462 e. The highest BCUT2D eigenvalue weighted by molar-refractivity contribution is 14.1. The van der Waals surface area contributed by atoms with Gasteiger partial charge in [0.25, 0.3) is 0 Å². The highest BCUT2D eigenvalue weighted by atomic mass is 127. The van der Waals surface area contributed by atoms with E-state index in [4.69, 9.17) is 19.9 Å². The van der Waals surface area contributed by atoms with Gasteiger partial charge < -0.3 is 18.6 Å². The molecule has 7 aromatic rings. The lowest BCUT2D eigenvalue weighted by molar-refractivity contribution is 0.0514. The molecule has 0 unspecified atom stereocenters. The summed E-state index contributed by atoms with van der Waals surface area (Å²) in [6.07, 6.45) is 4.78. The van der Waals surface area contributed by atoms with E-state index < -0.39 is 11.9 Å². The maximum atomic E-state index is 13.1. The third kappa shape index (κ3) is 11.1. The van der Waals surface area contributed by atoms with Crippen molar-refractivity contribution in [3.05, 3.63) is 192 Å². The smallest absolute Gasteiger partial charge is 0.343 e. The van der Waals surface area contributed by atoms with Crippen LogP contribution in [0.1, 0.15) is 65.1 Å². The number of rotatable bonds is 10. The van der Waals surface area contributed by atoms with Gasteiger partial charge in [-0.25, -0.2) is 14.6 Å². The molecule has 0 bridgehead atoms. The minimum absolute atomic E-state index is 0.0358. The number of pyridine rings is 2. The Kier molecular flexibility index (Phi) is 16.2. The van der Waals surface area contributed by atoms with Gasteiger partial charge in [-0.15, -0.1) is 0 Å². The van der Waals surface area contributed by atoms with Crippen LogP contribution in [0, 0.1) is 8.98 Å². The summed E-state index contributed by atoms with van der Waals surface area (Å²) < 4.78 is 14.8. The standard InChI is InChI=1S/C27H24N2O3.C14H14INO3.C8H7N/c1-3-29-18-23(27(31)32-4-2)26(30)22-17-21(15-16-24(22)29)28-25(19-11-7-5-8-12-19)20-13-9-6-10-14-20;1-3-16-8-11(14(18)19-4-2)13(17)10-7-9(15)5-6-12(10)16;9-7-6-8-4-2-1-3-5-8/h5-18H,3-4H2,1-2H3;5-8H,3-4H2,1-2H3;1-6,9H. The van der Waals surface area contributed by atoms with Crippen molar-refractivity contribution in [2.24, 2.45) is 4.99 Å². The molecule has 7 rings (SSSR count). The molecule has 60 heavy (non-hydrogen) atoms. The minimum Gasteiger partial charge on any atom is -0.462 e. The normalized spacial score (nSPS) is 10.3. The summed E-state index contributed by atoms with van der Waals surface area (Å²) in [4.78, 5) is 54.6. The summed E-state index contributed by atoms with van der Waals surface area (Å²) in [6.45, 7) is 9.15. The van der Waals surface area contributed by atoms with Crippen LogP contribution < -0.4 is 10.9 Å². The van der Waals surface area contributed by atoms with Crippen molar-refractivity contribution in [3.8, 4) is 0 Å². The molecule has 0 fully saturated rings. The van der Waals surface area contributed by atoms with E-state index in [9.17, 15) is 19.2 Å². The number of aryl methyl sites for hydroxylation is 2. The molecular formula is C49H45IN4O6. The van der Waals surface area contributed by atoms with Gasteiger partial charge in [0, 0.05) is 57.0 Å². The van der Waals surface area contributed by atoms with Crippen molar-refractivity contribution >= 4 is 79.7 Å². The second kappa shape index (κ2) is 21.9. The minimum atomic E-state index is -0.607. The Morgan fingerprint density at radius 1 is 0.650 bits per heavy atom. The molecule has 304 valence electrons. The van der Waals surface area contributed by atoms with Gasteiger partial charge in [0.1, 0.15) is 11.1 Å². The highest BCUT2D eigenvalue weighted by Crippen LogP contribution is 2.23. The fourth-order valence-electron chi connectivity index (χ4n) is 6.31. The SMILES string of the molecule is CCOC(=O)c1cn(CC)c2ccc(I)cc2c1=O.CCOC(=O)c1cn(CC)c2ccc(N=C(c3ccccc3)c3ccccc3)cc2c1=O.N=C=Cc1ccccc1. The fourth-order valence-corrected chi connectivity index (χ4v) is 6.80. The third-order valence-electron chi connectivity index (χ3n) is 9.15. The average Bonchev–Trinajstić information content (AvgIpc) is 3.28. The lowest BCUT2D eigenvalue weighted by Crippen LogP contribution is -2.20. The quantitative estimate of drug-likeness (QED) is 0.0826. The number of esters is 2. The first-order valence-corrected chi connectivity index (χ1v) is 20.6. The highest BCUT2D eigenvalue weighted by Gasteiger charge is 2.18. The number of ether oxygens (including phenoxy) is 2. The summed E-state index contributed by atoms with van der Waals surface area (Å²) in [5, 5.41) is 7.63. The first kappa shape index (κ1) is 44.4. The van der Waals surface area contributed by atoms with Crippen LogP contribution in [-0.4, -0.2) is 45.9 Å². The van der Waals surface area contributed by atoms with Crippen LogP contribution in [0.4, 0.5) is 5.69 Å². The van der Waals surface area contributed by atoms with Crippen LogP contribution in [0.2, 0.25) is 0 Å². The van der Waals surface area contributed by atoms with Gasteiger partial charge >= 0.3 is 11.9 Å². The number of carbonyl (C=O) groups is 2. The Balaban J connectivity index is 0.000000204. The molecular weight excluding hydrogens is 867 g/mol. The second-order valence-electron chi connectivity index (χ2n) is 13.0. The van der Waals surface area contributed by atoms with Gasteiger partial charge in [0.05, 0.1) is 35.6 Å². The number of fused-ring (bicyclic) bond motifs is 2. The lowest BCUT2D eigenvalue weighted by atomic mass is 10.0. The molecule has 0 atom stereocenters. The van der Waals surface area contributed by atoms with Gasteiger partial charge in [-0.2, -0.15) is 0 Å². The van der Waals surface area contributed by atoms with Crippen molar-refractivity contribution < 1.29 is 19.1 Å². The Hall–Kier alpha value is -6.69. The predicted molar refractivity (Wildman–Crippen MR) is 249 cm³/mol. The van der Waals surface area contributed by atoms with E-state index in [1.807, 2.05) is 138 Å². The van der Waals surface area contributed by atoms with E-state index >= 15 is 0 Å². The number of hydrogen-bond acceptors (Lipinski definition) is 8. The van der Waals surface area contributed by atoms with E-state index in [1.54, 1.807) is 44.4 Å². The number of halogens is 1. The third-order valence-corrected chi connectivity index (χ3v) is 9.82. The Morgan fingerprint density at radius 2 is 1.10 bits per heavy atom. The van der Waals surface area contributed by atoms with Crippen LogP contribution in [0.5, 0.6) is 0 Å². The molecule has 2 aromatic heterocycles. The molecule has 11 heteroatoms. The number of benzene rings is 5. The number of aliphatic imine (C=N–C) groups is 1. The molecule has 2 heterocycles. The van der Waals surface area contributed by atoms with Crippen molar-refractivity contribution in [2.45, 2.75) is 40.8 Å². The van der Waals surface area contributed by atoms with E-state index in [1.165, 1.54) is 0 Å². The van der Waals surface area contributed by atoms with Crippen LogP contribution in [-0.2, 0) is 22.6 Å². The molecule has 0 saturated heterocycles. The summed E-state index contributed by atoms with van der Waals surface area (Å²) >= 11 is 2.15. The first-order valence-electron chi connectivity index (χ1n) is 19.5. The van der Waals surface area contributed by atoms with Crippen LogP contribution in [0.25, 0.3) is 27.9 Å². The molecule has 0 aliphatic heterocycles. The van der Waals surface area contributed by atoms with Crippen LogP contribution >= 0.6 is 22.6 Å². The molecule has 0 aliphatic rings. The number of nitrogens with one attached hydrogen (secondary N) is 1. The van der Waals surface area contributed by atoms with Crippen LogP contribution in [0.3, 0.4) is 0 Å². The predicted octanol–water partition coefficient (Wildman–Crippen LogP) is 10.1. The Bertz CT molecular complexity index is 2750. The molecule has 5 aromatic carbocycles. The zero-order valence-electron chi connectivity index (χ0n) is 33.9. The van der Waals surface area contributed by atoms with Gasteiger partial charge in [0.15, 0.2) is 0 Å². The van der Waals surface area contributed by atoms with Gasteiger partial charge in [-0.3, -0.25) is 15.0 Å². The van der Waals surface area contributed by atoms with E-state index in [0.717, 1.165) is 37.0 Å². The monoisotopic (exact) mass is 912 g/mol. The lowest BCUT2D eigenvalue weighted by Gasteiger charge is -2.12. The number of hydrogen-bond donors (Lipinski definition) is 1. The van der Waals surface area contributed by atoms with Crippen LogP contribution in [0.15, 0.2) is 154 Å². The maximum absolute atomic E-state index is 13.1. The molecule has 0 radical (unpaired) electrons. The van der Waals surface area contributed by atoms with E-state index in [-0.39, 0.29) is 35.2 Å². The summed E-state index contributed by atoms with van der Waals surface area (Å²) in [5.74, 6) is 1.04.